The van der Waals surface area contributed by atoms with Crippen molar-refractivity contribution in [3.8, 4) is 0 Å². The fourth-order valence-corrected chi connectivity index (χ4v) is 2.11. The molecule has 1 atom stereocenters. The van der Waals surface area contributed by atoms with Crippen LogP contribution in [0, 0.1) is 23.0 Å². The summed E-state index contributed by atoms with van der Waals surface area (Å²) in [5.41, 5.74) is 1.70. The summed E-state index contributed by atoms with van der Waals surface area (Å²) in [6.45, 7) is 7.77. The molecule has 0 amide bonds. The van der Waals surface area contributed by atoms with Gasteiger partial charge in [-0.25, -0.2) is 0 Å². The van der Waals surface area contributed by atoms with Crippen molar-refractivity contribution >= 4 is 12.2 Å². The first-order valence-corrected chi connectivity index (χ1v) is 5.16. The molecule has 1 aromatic rings. The Kier molecular flexibility index (Phi) is 1.88. The second kappa shape index (κ2) is 2.71. The molecule has 1 aromatic heterocycles. The molecule has 0 aromatic carbocycles. The molecule has 1 aliphatic rings. The Hall–Kier alpha value is -0.570. The van der Waals surface area contributed by atoms with Gasteiger partial charge in [0.1, 0.15) is 0 Å². The van der Waals surface area contributed by atoms with Crippen LogP contribution in [0.25, 0.3) is 0 Å². The van der Waals surface area contributed by atoms with Crippen LogP contribution in [0.2, 0.25) is 0 Å². The van der Waals surface area contributed by atoms with Crippen LogP contribution >= 0.6 is 12.2 Å². The Morgan fingerprint density at radius 2 is 2.31 bits per heavy atom. The molecule has 0 bridgehead atoms. The lowest BCUT2D eigenvalue weighted by molar-refractivity contribution is 0.496. The Morgan fingerprint density at radius 3 is 2.69 bits per heavy atom. The summed E-state index contributed by atoms with van der Waals surface area (Å²) in [5.74, 6) is 0.814. The lowest BCUT2D eigenvalue weighted by atomic mass is 10.1. The number of aryl methyl sites for hydroxylation is 1. The van der Waals surface area contributed by atoms with Crippen LogP contribution in [0.15, 0.2) is 6.20 Å². The molecule has 1 unspecified atom stereocenters. The number of nitrogens with one attached hydrogen (secondary N) is 1. The first kappa shape index (κ1) is 9.00. The number of hydrogen-bond donors (Lipinski definition) is 1. The third-order valence-electron chi connectivity index (χ3n) is 3.05. The zero-order chi connectivity index (χ0) is 9.64. The fourth-order valence-electron chi connectivity index (χ4n) is 1.83. The predicted octanol–water partition coefficient (Wildman–Crippen LogP) is 2.90. The van der Waals surface area contributed by atoms with E-state index in [9.17, 15) is 0 Å². The molecule has 72 valence electrons. The lowest BCUT2D eigenvalue weighted by Crippen LogP contribution is -2.02. The van der Waals surface area contributed by atoms with E-state index in [-0.39, 0.29) is 0 Å². The molecule has 1 fully saturated rings. The van der Waals surface area contributed by atoms with Crippen molar-refractivity contribution in [2.45, 2.75) is 33.7 Å². The third-order valence-corrected chi connectivity index (χ3v) is 3.39. The van der Waals surface area contributed by atoms with Gasteiger partial charge in [0, 0.05) is 18.4 Å². The van der Waals surface area contributed by atoms with E-state index < -0.39 is 0 Å². The maximum atomic E-state index is 5.20. The van der Waals surface area contributed by atoms with E-state index in [4.69, 9.17) is 12.2 Å². The highest BCUT2D eigenvalue weighted by molar-refractivity contribution is 7.71. The monoisotopic (exact) mass is 196 g/mol. The number of aromatic nitrogens is 2. The van der Waals surface area contributed by atoms with Gasteiger partial charge in [-0.3, -0.25) is 0 Å². The average molecular weight is 196 g/mol. The van der Waals surface area contributed by atoms with Crippen LogP contribution in [-0.4, -0.2) is 9.55 Å². The molecule has 0 spiro atoms. The molecule has 1 heterocycles. The van der Waals surface area contributed by atoms with Gasteiger partial charge in [0.25, 0.3) is 0 Å². The van der Waals surface area contributed by atoms with Gasteiger partial charge < -0.3 is 9.55 Å². The Labute approximate surface area is 84.0 Å². The fraction of sp³-hybridized carbons (Fsp3) is 0.700. The number of aromatic amines is 1. The third kappa shape index (κ3) is 1.70. The minimum Gasteiger partial charge on any atom is -0.335 e. The zero-order valence-corrected chi connectivity index (χ0v) is 9.24. The van der Waals surface area contributed by atoms with E-state index in [0.29, 0.717) is 5.41 Å². The summed E-state index contributed by atoms with van der Waals surface area (Å²) in [4.78, 5) is 3.15. The Morgan fingerprint density at radius 1 is 1.69 bits per heavy atom. The standard InChI is InChI=1S/C10H16N2S/c1-7-5-12(9(13)11-7)6-8-4-10(8,2)3/h5,8H,4,6H2,1-3H3,(H,11,13). The van der Waals surface area contributed by atoms with Gasteiger partial charge in [0.15, 0.2) is 4.77 Å². The largest absolute Gasteiger partial charge is 0.335 e. The van der Waals surface area contributed by atoms with Crippen LogP contribution in [0.1, 0.15) is 26.0 Å². The minimum absolute atomic E-state index is 0.542. The molecule has 3 heteroatoms. The summed E-state index contributed by atoms with van der Waals surface area (Å²) >= 11 is 5.20. The van der Waals surface area contributed by atoms with Crippen molar-refractivity contribution in [3.05, 3.63) is 16.7 Å². The van der Waals surface area contributed by atoms with E-state index in [1.807, 2.05) is 6.92 Å². The number of imidazole rings is 1. The molecule has 0 aliphatic heterocycles. The van der Waals surface area contributed by atoms with Crippen LogP contribution in [0.5, 0.6) is 0 Å². The summed E-state index contributed by atoms with van der Waals surface area (Å²) < 4.78 is 3.02. The first-order valence-electron chi connectivity index (χ1n) is 4.75. The van der Waals surface area contributed by atoms with Crippen molar-refractivity contribution in [2.75, 3.05) is 0 Å². The van der Waals surface area contributed by atoms with Crippen molar-refractivity contribution in [2.24, 2.45) is 11.3 Å². The Balaban J connectivity index is 2.11. The van der Waals surface area contributed by atoms with Gasteiger partial charge in [0.05, 0.1) is 0 Å². The van der Waals surface area contributed by atoms with Gasteiger partial charge in [-0.05, 0) is 36.9 Å². The van der Waals surface area contributed by atoms with Crippen molar-refractivity contribution in [1.82, 2.24) is 9.55 Å². The topological polar surface area (TPSA) is 20.7 Å². The lowest BCUT2D eigenvalue weighted by Gasteiger charge is -2.03. The highest BCUT2D eigenvalue weighted by Crippen LogP contribution is 2.52. The molecule has 13 heavy (non-hydrogen) atoms. The van der Waals surface area contributed by atoms with Crippen LogP contribution in [0.4, 0.5) is 0 Å². The Bertz CT molecular complexity index is 373. The number of H-pyrrole nitrogens is 1. The quantitative estimate of drug-likeness (QED) is 0.721. The van der Waals surface area contributed by atoms with Gasteiger partial charge in [0.2, 0.25) is 0 Å². The van der Waals surface area contributed by atoms with Crippen LogP contribution in [0.3, 0.4) is 0 Å². The molecule has 0 saturated heterocycles. The molecule has 2 nitrogen and oxygen atoms in total. The molecule has 2 rings (SSSR count). The van der Waals surface area contributed by atoms with Gasteiger partial charge >= 0.3 is 0 Å². The normalized spacial score (nSPS) is 24.7. The molecule has 1 saturated carbocycles. The second-order valence-corrected chi connectivity index (χ2v) is 5.17. The number of rotatable bonds is 2. The van der Waals surface area contributed by atoms with Crippen molar-refractivity contribution in [3.63, 3.8) is 0 Å². The molecule has 0 radical (unpaired) electrons. The highest BCUT2D eigenvalue weighted by Gasteiger charge is 2.45. The summed E-state index contributed by atoms with van der Waals surface area (Å²) in [7, 11) is 0. The van der Waals surface area contributed by atoms with Crippen LogP contribution < -0.4 is 0 Å². The van der Waals surface area contributed by atoms with Gasteiger partial charge in [-0.15, -0.1) is 0 Å². The van der Waals surface area contributed by atoms with E-state index in [0.717, 1.165) is 22.9 Å². The van der Waals surface area contributed by atoms with Crippen LogP contribution in [-0.2, 0) is 6.54 Å². The molecular weight excluding hydrogens is 180 g/mol. The van der Waals surface area contributed by atoms with E-state index >= 15 is 0 Å². The van der Waals surface area contributed by atoms with E-state index in [1.165, 1.54) is 6.42 Å². The molecule has 1 aliphatic carbocycles. The minimum atomic E-state index is 0.542. The average Bonchev–Trinajstić information content (AvgIpc) is 2.43. The zero-order valence-electron chi connectivity index (χ0n) is 8.42. The van der Waals surface area contributed by atoms with Crippen molar-refractivity contribution in [1.29, 1.82) is 0 Å². The number of hydrogen-bond acceptors (Lipinski definition) is 1. The van der Waals surface area contributed by atoms with E-state index in [1.54, 1.807) is 0 Å². The van der Waals surface area contributed by atoms with E-state index in [2.05, 4.69) is 29.6 Å². The van der Waals surface area contributed by atoms with Crippen molar-refractivity contribution < 1.29 is 0 Å². The van der Waals surface area contributed by atoms with Gasteiger partial charge in [-0.2, -0.15) is 0 Å². The molecular formula is C10H16N2S. The maximum absolute atomic E-state index is 5.20. The predicted molar refractivity (Wildman–Crippen MR) is 56.2 cm³/mol. The first-order chi connectivity index (χ1) is 5.99. The highest BCUT2D eigenvalue weighted by atomic mass is 32.1. The van der Waals surface area contributed by atoms with Gasteiger partial charge in [-0.1, -0.05) is 13.8 Å². The smallest absolute Gasteiger partial charge is 0.177 e. The summed E-state index contributed by atoms with van der Waals surface area (Å²) in [6.07, 6.45) is 3.44. The second-order valence-electron chi connectivity index (χ2n) is 4.78. The summed E-state index contributed by atoms with van der Waals surface area (Å²) in [6, 6.07) is 0. The summed E-state index contributed by atoms with van der Waals surface area (Å²) in [5, 5.41) is 0. The number of nitrogens with zero attached hydrogens (tertiary/aromatic N) is 1. The SMILES string of the molecule is Cc1cn(CC2CC2(C)C)c(=S)[nH]1. The maximum Gasteiger partial charge on any atom is 0.177 e. The molecule has 1 N–H and O–H groups in total.